The van der Waals surface area contributed by atoms with E-state index in [1.54, 1.807) is 12.1 Å². The van der Waals surface area contributed by atoms with Crippen LogP contribution >= 0.6 is 0 Å². The summed E-state index contributed by atoms with van der Waals surface area (Å²) >= 11 is 0. The second-order valence-corrected chi connectivity index (χ2v) is 6.74. The number of nitrogens with two attached hydrogens (primary N) is 1. The zero-order valence-corrected chi connectivity index (χ0v) is 15.8. The molecule has 7 heteroatoms. The van der Waals surface area contributed by atoms with Crippen LogP contribution in [-0.2, 0) is 17.4 Å². The second kappa shape index (κ2) is 8.82. The molecule has 4 nitrogen and oxygen atoms in total. The van der Waals surface area contributed by atoms with Crippen LogP contribution in [0.1, 0.15) is 21.5 Å². The molecule has 0 aliphatic carbocycles. The SMILES string of the molecule is NC(=O)[C@H](Cc1ccc(-c2ccccc2)cc1)NC(=O)c1ccccc1C(F)(F)F. The van der Waals surface area contributed by atoms with Crippen molar-refractivity contribution in [3.05, 3.63) is 95.6 Å². The van der Waals surface area contributed by atoms with Crippen molar-refractivity contribution in [3.63, 3.8) is 0 Å². The number of rotatable bonds is 6. The normalized spacial score (nSPS) is 12.2. The van der Waals surface area contributed by atoms with Crippen LogP contribution in [0.3, 0.4) is 0 Å². The Labute approximate surface area is 171 Å². The summed E-state index contributed by atoms with van der Waals surface area (Å²) in [5.41, 5.74) is 6.45. The first-order chi connectivity index (χ1) is 14.3. The number of amides is 2. The first-order valence-corrected chi connectivity index (χ1v) is 9.16. The van der Waals surface area contributed by atoms with Gasteiger partial charge in [-0.25, -0.2) is 0 Å². The molecule has 3 N–H and O–H groups in total. The standard InChI is InChI=1S/C23H19F3N2O2/c24-23(25,26)19-9-5-4-8-18(19)22(30)28-20(21(27)29)14-15-10-12-17(13-11-15)16-6-2-1-3-7-16/h1-13,20H,14H2,(H2,27,29)(H,28,30)/t20-/m0/s1. The maximum atomic E-state index is 13.2. The van der Waals surface area contributed by atoms with Crippen molar-refractivity contribution in [1.29, 1.82) is 0 Å². The molecule has 0 aliphatic heterocycles. The molecular weight excluding hydrogens is 393 g/mol. The Morgan fingerprint density at radius 2 is 1.40 bits per heavy atom. The van der Waals surface area contributed by atoms with Gasteiger partial charge in [0.2, 0.25) is 5.91 Å². The van der Waals surface area contributed by atoms with Crippen LogP contribution in [0.2, 0.25) is 0 Å². The van der Waals surface area contributed by atoms with E-state index in [4.69, 9.17) is 5.73 Å². The minimum Gasteiger partial charge on any atom is -0.368 e. The molecule has 3 rings (SSSR count). The number of benzene rings is 3. The minimum absolute atomic E-state index is 0.0598. The van der Waals surface area contributed by atoms with Gasteiger partial charge < -0.3 is 11.1 Å². The Bertz CT molecular complexity index is 1030. The molecule has 3 aromatic rings. The zero-order chi connectivity index (χ0) is 21.7. The largest absolute Gasteiger partial charge is 0.417 e. The molecule has 0 fully saturated rings. The van der Waals surface area contributed by atoms with Crippen molar-refractivity contribution in [2.45, 2.75) is 18.6 Å². The summed E-state index contributed by atoms with van der Waals surface area (Å²) in [6.07, 6.45) is -4.63. The van der Waals surface area contributed by atoms with Gasteiger partial charge in [-0.15, -0.1) is 0 Å². The van der Waals surface area contributed by atoms with E-state index in [1.165, 1.54) is 12.1 Å². The molecule has 30 heavy (non-hydrogen) atoms. The fourth-order valence-corrected chi connectivity index (χ4v) is 3.09. The van der Waals surface area contributed by atoms with Gasteiger partial charge in [-0.3, -0.25) is 9.59 Å². The molecule has 0 unspecified atom stereocenters. The van der Waals surface area contributed by atoms with Crippen molar-refractivity contribution >= 4 is 11.8 Å². The number of hydrogen-bond donors (Lipinski definition) is 2. The maximum absolute atomic E-state index is 13.2. The number of halogens is 3. The van der Waals surface area contributed by atoms with Crippen LogP contribution in [0.25, 0.3) is 11.1 Å². The molecule has 0 aromatic heterocycles. The van der Waals surface area contributed by atoms with Crippen LogP contribution < -0.4 is 11.1 Å². The molecule has 0 spiro atoms. The summed E-state index contributed by atoms with van der Waals surface area (Å²) in [5, 5.41) is 2.33. The number of primary amides is 1. The highest BCUT2D eigenvalue weighted by Gasteiger charge is 2.35. The van der Waals surface area contributed by atoms with E-state index in [0.29, 0.717) is 5.56 Å². The van der Waals surface area contributed by atoms with Gasteiger partial charge in [-0.1, -0.05) is 66.7 Å². The van der Waals surface area contributed by atoms with E-state index < -0.39 is 35.2 Å². The van der Waals surface area contributed by atoms with Crippen LogP contribution in [0.5, 0.6) is 0 Å². The molecule has 2 amide bonds. The average Bonchev–Trinajstić information content (AvgIpc) is 2.73. The first-order valence-electron chi connectivity index (χ1n) is 9.16. The van der Waals surface area contributed by atoms with Gasteiger partial charge in [0.25, 0.3) is 5.91 Å². The number of nitrogens with one attached hydrogen (secondary N) is 1. The monoisotopic (exact) mass is 412 g/mol. The van der Waals surface area contributed by atoms with Gasteiger partial charge in [0.15, 0.2) is 0 Å². The first kappa shape index (κ1) is 21.1. The topological polar surface area (TPSA) is 72.2 Å². The van der Waals surface area contributed by atoms with E-state index >= 15 is 0 Å². The maximum Gasteiger partial charge on any atom is 0.417 e. The number of carbonyl (C=O) groups excluding carboxylic acids is 2. The summed E-state index contributed by atoms with van der Waals surface area (Å²) in [4.78, 5) is 24.3. The fourth-order valence-electron chi connectivity index (χ4n) is 3.09. The lowest BCUT2D eigenvalue weighted by Gasteiger charge is -2.18. The van der Waals surface area contributed by atoms with Gasteiger partial charge in [0.1, 0.15) is 6.04 Å². The minimum atomic E-state index is -4.69. The molecule has 154 valence electrons. The summed E-state index contributed by atoms with van der Waals surface area (Å²) in [5.74, 6) is -1.84. The highest BCUT2D eigenvalue weighted by atomic mass is 19.4. The molecule has 0 heterocycles. The van der Waals surface area contributed by atoms with Gasteiger partial charge in [0, 0.05) is 6.42 Å². The fraction of sp³-hybridized carbons (Fsp3) is 0.130. The third kappa shape index (κ3) is 5.05. The lowest BCUT2D eigenvalue weighted by atomic mass is 10.00. The van der Waals surface area contributed by atoms with Gasteiger partial charge in [0.05, 0.1) is 11.1 Å². The van der Waals surface area contributed by atoms with E-state index in [9.17, 15) is 22.8 Å². The predicted octanol–water partition coefficient (Wildman–Crippen LogP) is 4.20. The highest BCUT2D eigenvalue weighted by Crippen LogP contribution is 2.31. The third-order valence-corrected chi connectivity index (χ3v) is 4.63. The third-order valence-electron chi connectivity index (χ3n) is 4.63. The van der Waals surface area contributed by atoms with E-state index in [2.05, 4.69) is 5.32 Å². The molecule has 3 aromatic carbocycles. The van der Waals surface area contributed by atoms with E-state index in [1.807, 2.05) is 42.5 Å². The van der Waals surface area contributed by atoms with Crippen molar-refractivity contribution < 1.29 is 22.8 Å². The molecule has 0 aliphatic rings. The van der Waals surface area contributed by atoms with Crippen molar-refractivity contribution in [1.82, 2.24) is 5.32 Å². The average molecular weight is 412 g/mol. The van der Waals surface area contributed by atoms with Crippen LogP contribution in [0.4, 0.5) is 13.2 Å². The predicted molar refractivity (Wildman–Crippen MR) is 107 cm³/mol. The van der Waals surface area contributed by atoms with E-state index in [0.717, 1.165) is 23.3 Å². The van der Waals surface area contributed by atoms with Gasteiger partial charge >= 0.3 is 6.18 Å². The van der Waals surface area contributed by atoms with Gasteiger partial charge in [-0.2, -0.15) is 13.2 Å². The molecule has 0 saturated heterocycles. The van der Waals surface area contributed by atoms with Crippen molar-refractivity contribution in [3.8, 4) is 11.1 Å². The van der Waals surface area contributed by atoms with Crippen molar-refractivity contribution in [2.24, 2.45) is 5.73 Å². The van der Waals surface area contributed by atoms with Crippen LogP contribution in [-0.4, -0.2) is 17.9 Å². The summed E-state index contributed by atoms with van der Waals surface area (Å²) in [7, 11) is 0. The van der Waals surface area contributed by atoms with E-state index in [-0.39, 0.29) is 6.42 Å². The molecule has 1 atom stereocenters. The Morgan fingerprint density at radius 1 is 0.833 bits per heavy atom. The summed E-state index contributed by atoms with van der Waals surface area (Å²) < 4.78 is 39.5. The Hall–Kier alpha value is -3.61. The quantitative estimate of drug-likeness (QED) is 0.637. The summed E-state index contributed by atoms with van der Waals surface area (Å²) in [6.45, 7) is 0. The van der Waals surface area contributed by atoms with Crippen molar-refractivity contribution in [2.75, 3.05) is 0 Å². The second-order valence-electron chi connectivity index (χ2n) is 6.74. The lowest BCUT2D eigenvalue weighted by Crippen LogP contribution is -2.46. The molecular formula is C23H19F3N2O2. The summed E-state index contributed by atoms with van der Waals surface area (Å²) in [6, 6.07) is 20.2. The van der Waals surface area contributed by atoms with Crippen LogP contribution in [0.15, 0.2) is 78.9 Å². The number of alkyl halides is 3. The molecule has 0 bridgehead atoms. The highest BCUT2D eigenvalue weighted by molar-refractivity contribution is 5.98. The number of hydrogen-bond acceptors (Lipinski definition) is 2. The molecule has 0 saturated carbocycles. The molecule has 0 radical (unpaired) electrons. The Balaban J connectivity index is 1.76. The number of carbonyl (C=O) groups is 2. The van der Waals surface area contributed by atoms with Crippen LogP contribution in [0, 0.1) is 0 Å². The Kier molecular flexibility index (Phi) is 6.20. The van der Waals surface area contributed by atoms with Gasteiger partial charge in [-0.05, 0) is 28.8 Å². The zero-order valence-electron chi connectivity index (χ0n) is 15.8. The smallest absolute Gasteiger partial charge is 0.368 e. The lowest BCUT2D eigenvalue weighted by molar-refractivity contribution is -0.137. The Morgan fingerprint density at radius 3 is 2.00 bits per heavy atom.